The highest BCUT2D eigenvalue weighted by Crippen LogP contribution is 2.45. The van der Waals surface area contributed by atoms with Gasteiger partial charge in [0.05, 0.1) is 42.8 Å². The number of halogens is 4. The predicted octanol–water partition coefficient (Wildman–Crippen LogP) is 6.50. The van der Waals surface area contributed by atoms with Crippen molar-refractivity contribution in [3.63, 3.8) is 0 Å². The number of likely N-dealkylation sites (N-methyl/N-ethyl adjacent to an activating group) is 2. The van der Waals surface area contributed by atoms with E-state index in [1.807, 2.05) is 52.5 Å². The fraction of sp³-hybridized carbons (Fsp3) is 0.238. The Balaban J connectivity index is 1.60. The van der Waals surface area contributed by atoms with E-state index in [1.165, 1.54) is 0 Å². The van der Waals surface area contributed by atoms with E-state index in [0.717, 1.165) is 28.6 Å². The van der Waals surface area contributed by atoms with Gasteiger partial charge in [0.1, 0.15) is 12.0 Å². The van der Waals surface area contributed by atoms with Crippen LogP contribution in [0.5, 0.6) is 0 Å². The summed E-state index contributed by atoms with van der Waals surface area (Å²) in [6, 6.07) is 7.60. The first-order chi connectivity index (χ1) is 13.7. The van der Waals surface area contributed by atoms with Crippen molar-refractivity contribution < 1.29 is 0 Å². The summed E-state index contributed by atoms with van der Waals surface area (Å²) in [4.78, 5) is 8.53. The minimum atomic E-state index is 0.0552. The van der Waals surface area contributed by atoms with Crippen LogP contribution in [0.15, 0.2) is 48.3 Å². The van der Waals surface area contributed by atoms with Crippen molar-refractivity contribution in [1.82, 2.24) is 0 Å². The number of hydrogen-bond donors (Lipinski definition) is 0. The van der Waals surface area contributed by atoms with Crippen LogP contribution in [-0.2, 0) is 0 Å². The molecular formula is C21H20Cl4N4. The summed E-state index contributed by atoms with van der Waals surface area (Å²) in [6.45, 7) is 0. The molecule has 0 saturated heterocycles. The van der Waals surface area contributed by atoms with E-state index in [0.29, 0.717) is 20.1 Å². The Labute approximate surface area is 191 Å². The second-order valence-corrected chi connectivity index (χ2v) is 8.80. The lowest BCUT2D eigenvalue weighted by Gasteiger charge is -2.24. The predicted molar refractivity (Wildman–Crippen MR) is 128 cm³/mol. The molecule has 0 spiro atoms. The van der Waals surface area contributed by atoms with Gasteiger partial charge in [0.15, 0.2) is 0 Å². The van der Waals surface area contributed by atoms with Crippen LogP contribution in [0.3, 0.4) is 0 Å². The molecule has 2 aliphatic heterocycles. The first kappa shape index (κ1) is 20.5. The summed E-state index contributed by atoms with van der Waals surface area (Å²) in [5.41, 5.74) is 4.15. The lowest BCUT2D eigenvalue weighted by Crippen LogP contribution is -2.37. The topological polar surface area (TPSA) is 13.0 Å². The summed E-state index contributed by atoms with van der Waals surface area (Å²) < 4.78 is 0. The van der Waals surface area contributed by atoms with Gasteiger partial charge in [0, 0.05) is 28.2 Å². The normalized spacial score (nSPS) is 16.3. The molecule has 0 fully saturated rings. The van der Waals surface area contributed by atoms with Crippen molar-refractivity contribution in [2.24, 2.45) is 0 Å². The maximum Gasteiger partial charge on any atom is 0.121 e. The third-order valence-corrected chi connectivity index (χ3v) is 6.97. The lowest BCUT2D eigenvalue weighted by atomic mass is 10.2. The van der Waals surface area contributed by atoms with Crippen LogP contribution >= 0.6 is 46.4 Å². The van der Waals surface area contributed by atoms with Gasteiger partial charge in [-0.05, 0) is 36.4 Å². The largest absolute Gasteiger partial charge is 0.349 e. The van der Waals surface area contributed by atoms with Gasteiger partial charge in [-0.2, -0.15) is 0 Å². The zero-order valence-corrected chi connectivity index (χ0v) is 19.4. The fourth-order valence-electron chi connectivity index (χ4n) is 3.89. The summed E-state index contributed by atoms with van der Waals surface area (Å²) in [5.74, 6) is 1.03. The Morgan fingerprint density at radius 2 is 1.03 bits per heavy atom. The zero-order valence-electron chi connectivity index (χ0n) is 16.4. The van der Waals surface area contributed by atoms with Crippen LogP contribution in [0.4, 0.5) is 22.7 Å². The molecular weight excluding hydrogens is 450 g/mol. The molecule has 4 rings (SSSR count). The Kier molecular flexibility index (Phi) is 5.32. The Morgan fingerprint density at radius 3 is 1.45 bits per heavy atom. The molecule has 29 heavy (non-hydrogen) atoms. The quantitative estimate of drug-likeness (QED) is 0.497. The molecule has 2 aromatic rings. The fourth-order valence-corrected chi connectivity index (χ4v) is 4.53. The average molecular weight is 470 g/mol. The number of fused-ring (bicyclic) bond motifs is 2. The van der Waals surface area contributed by atoms with Crippen LogP contribution < -0.4 is 19.6 Å². The van der Waals surface area contributed by atoms with E-state index in [1.54, 1.807) is 0 Å². The second kappa shape index (κ2) is 7.51. The SMILES string of the molecule is CN1C(=CC=CC2N(C)c3cc(Cl)c(Cl)cc3N2C)N(C)c2cc(Cl)c(Cl)cc21. The van der Waals surface area contributed by atoms with E-state index in [9.17, 15) is 0 Å². The molecule has 4 nitrogen and oxygen atoms in total. The Hall–Kier alpha value is -1.72. The highest BCUT2D eigenvalue weighted by atomic mass is 35.5. The molecule has 2 heterocycles. The molecule has 2 aliphatic rings. The number of rotatable bonds is 2. The van der Waals surface area contributed by atoms with Crippen molar-refractivity contribution in [3.8, 4) is 0 Å². The molecule has 0 atom stereocenters. The molecule has 0 aliphatic carbocycles. The third-order valence-electron chi connectivity index (χ3n) is 5.53. The standard InChI is InChI=1S/C21H20Cl4N4/c1-26-16-8-12(22)13(23)9-17(16)27(2)20(26)6-5-7-21-28(3)18-10-14(24)15(25)11-19(18)29(21)4/h5-11,20H,1-4H3. The Bertz CT molecular complexity index is 977. The molecule has 152 valence electrons. The van der Waals surface area contributed by atoms with Crippen LogP contribution in [0.2, 0.25) is 20.1 Å². The third kappa shape index (κ3) is 3.32. The molecule has 0 unspecified atom stereocenters. The van der Waals surface area contributed by atoms with Crippen LogP contribution in [-0.4, -0.2) is 34.4 Å². The smallest absolute Gasteiger partial charge is 0.121 e. The maximum absolute atomic E-state index is 6.21. The van der Waals surface area contributed by atoms with Crippen LogP contribution in [0.25, 0.3) is 0 Å². The molecule has 0 saturated carbocycles. The highest BCUT2D eigenvalue weighted by molar-refractivity contribution is 6.43. The minimum Gasteiger partial charge on any atom is -0.349 e. The summed E-state index contributed by atoms with van der Waals surface area (Å²) in [5, 5.41) is 2.21. The molecule has 0 bridgehead atoms. The van der Waals surface area contributed by atoms with E-state index in [2.05, 4.69) is 37.8 Å². The lowest BCUT2D eigenvalue weighted by molar-refractivity contribution is 0.774. The van der Waals surface area contributed by atoms with Crippen LogP contribution in [0, 0.1) is 0 Å². The number of hydrogen-bond acceptors (Lipinski definition) is 4. The second-order valence-electron chi connectivity index (χ2n) is 7.17. The number of nitrogens with zero attached hydrogens (tertiary/aromatic N) is 4. The molecule has 0 radical (unpaired) electrons. The monoisotopic (exact) mass is 468 g/mol. The van der Waals surface area contributed by atoms with Crippen molar-refractivity contribution >= 4 is 69.2 Å². The molecule has 8 heteroatoms. The van der Waals surface area contributed by atoms with Gasteiger partial charge in [-0.3, -0.25) is 0 Å². The Morgan fingerprint density at radius 1 is 0.655 bits per heavy atom. The van der Waals surface area contributed by atoms with Gasteiger partial charge in [0.2, 0.25) is 0 Å². The summed E-state index contributed by atoms with van der Waals surface area (Å²) in [6.07, 6.45) is 6.33. The van der Waals surface area contributed by atoms with Gasteiger partial charge in [-0.1, -0.05) is 52.5 Å². The van der Waals surface area contributed by atoms with E-state index in [-0.39, 0.29) is 6.17 Å². The van der Waals surface area contributed by atoms with Gasteiger partial charge >= 0.3 is 0 Å². The van der Waals surface area contributed by atoms with Gasteiger partial charge in [0.25, 0.3) is 0 Å². The zero-order chi connectivity index (χ0) is 21.0. The van der Waals surface area contributed by atoms with Gasteiger partial charge in [-0.25, -0.2) is 0 Å². The first-order valence-electron chi connectivity index (χ1n) is 9.00. The van der Waals surface area contributed by atoms with Gasteiger partial charge < -0.3 is 19.6 Å². The molecule has 0 amide bonds. The number of allylic oxidation sites excluding steroid dienone is 2. The summed E-state index contributed by atoms with van der Waals surface area (Å²) in [7, 11) is 8.12. The minimum absolute atomic E-state index is 0.0552. The number of anilines is 4. The summed E-state index contributed by atoms with van der Waals surface area (Å²) >= 11 is 24.8. The van der Waals surface area contributed by atoms with Crippen molar-refractivity contribution in [2.75, 3.05) is 47.8 Å². The molecule has 0 aromatic heterocycles. The maximum atomic E-state index is 6.21. The van der Waals surface area contributed by atoms with Gasteiger partial charge in [-0.15, -0.1) is 0 Å². The van der Waals surface area contributed by atoms with E-state index < -0.39 is 0 Å². The van der Waals surface area contributed by atoms with E-state index >= 15 is 0 Å². The first-order valence-corrected chi connectivity index (χ1v) is 10.5. The van der Waals surface area contributed by atoms with Crippen molar-refractivity contribution in [1.29, 1.82) is 0 Å². The van der Waals surface area contributed by atoms with E-state index in [4.69, 9.17) is 46.4 Å². The number of benzene rings is 2. The van der Waals surface area contributed by atoms with Crippen molar-refractivity contribution in [3.05, 3.63) is 68.4 Å². The van der Waals surface area contributed by atoms with Crippen LogP contribution in [0.1, 0.15) is 0 Å². The molecule has 0 N–H and O–H groups in total. The van der Waals surface area contributed by atoms with Crippen molar-refractivity contribution in [2.45, 2.75) is 6.17 Å². The molecule has 2 aromatic carbocycles. The average Bonchev–Trinajstić information content (AvgIpc) is 3.03. The highest BCUT2D eigenvalue weighted by Gasteiger charge is 2.30.